The normalized spacial score (nSPS) is 10.5. The maximum Gasteiger partial charge on any atom is 0.339 e. The molecule has 0 aliphatic rings. The Bertz CT molecular complexity index is 888. The van der Waals surface area contributed by atoms with Gasteiger partial charge in [0.1, 0.15) is 23.7 Å². The van der Waals surface area contributed by atoms with E-state index in [4.69, 9.17) is 9.84 Å². The molecule has 4 heteroatoms. The van der Waals surface area contributed by atoms with Crippen LogP contribution in [0, 0.1) is 0 Å². The summed E-state index contributed by atoms with van der Waals surface area (Å²) in [5.74, 6) is -0.500. The Morgan fingerprint density at radius 2 is 1.58 bits per heavy atom. The highest BCUT2D eigenvalue weighted by atomic mass is 16.5. The summed E-state index contributed by atoms with van der Waals surface area (Å²) >= 11 is 0. The molecule has 0 fully saturated rings. The molecule has 0 spiro atoms. The van der Waals surface area contributed by atoms with Crippen molar-refractivity contribution in [3.63, 3.8) is 0 Å². The highest BCUT2D eigenvalue weighted by molar-refractivity contribution is 5.90. The van der Waals surface area contributed by atoms with Crippen molar-refractivity contribution < 1.29 is 19.7 Å². The van der Waals surface area contributed by atoms with Crippen LogP contribution < -0.4 is 4.74 Å². The number of para-hydroxylation sites is 1. The summed E-state index contributed by atoms with van der Waals surface area (Å²) in [5, 5.41) is 18.8. The Labute approximate surface area is 152 Å². The van der Waals surface area contributed by atoms with E-state index in [2.05, 4.69) is 0 Å². The topological polar surface area (TPSA) is 66.8 Å². The number of benzene rings is 3. The average Bonchev–Trinajstić information content (AvgIpc) is 2.66. The van der Waals surface area contributed by atoms with Crippen LogP contribution in [0.15, 0.2) is 72.8 Å². The minimum atomic E-state index is -1.13. The molecule has 4 nitrogen and oxygen atoms in total. The van der Waals surface area contributed by atoms with E-state index >= 15 is 0 Å². The first-order chi connectivity index (χ1) is 12.6. The van der Waals surface area contributed by atoms with E-state index in [0.29, 0.717) is 13.0 Å². The van der Waals surface area contributed by atoms with Crippen molar-refractivity contribution in [2.45, 2.75) is 19.4 Å². The van der Waals surface area contributed by atoms with Crippen molar-refractivity contribution in [1.29, 1.82) is 0 Å². The molecule has 0 saturated heterocycles. The fourth-order valence-electron chi connectivity index (χ4n) is 2.78. The number of carbonyl (C=O) groups is 1. The third-order valence-corrected chi connectivity index (χ3v) is 4.19. The maximum atomic E-state index is 11.0. The van der Waals surface area contributed by atoms with Crippen molar-refractivity contribution in [3.05, 3.63) is 95.1 Å². The Balaban J connectivity index is 1.67. The molecule has 0 aliphatic heterocycles. The monoisotopic (exact) mass is 348 g/mol. The second-order valence-electron chi connectivity index (χ2n) is 6.04. The molecule has 0 unspecified atom stereocenters. The van der Waals surface area contributed by atoms with Crippen LogP contribution in [0.2, 0.25) is 0 Å². The lowest BCUT2D eigenvalue weighted by Gasteiger charge is -2.12. The van der Waals surface area contributed by atoms with E-state index in [1.807, 2.05) is 54.6 Å². The minimum absolute atomic E-state index is 0.0830. The minimum Gasteiger partial charge on any atom is -0.507 e. The summed E-state index contributed by atoms with van der Waals surface area (Å²) in [6, 6.07) is 22.5. The standard InChI is InChI=1S/C22H20O4/c23-20-14-16(11-13-19(20)22(24)25)10-12-18-8-4-5-9-21(18)26-15-17-6-2-1-3-7-17/h1-9,11,13-14,23H,10,12,15H2,(H,24,25). The molecule has 0 amide bonds. The van der Waals surface area contributed by atoms with Gasteiger partial charge in [-0.15, -0.1) is 0 Å². The molecule has 3 aromatic carbocycles. The van der Waals surface area contributed by atoms with Crippen LogP contribution in [-0.4, -0.2) is 16.2 Å². The molecule has 132 valence electrons. The molecule has 0 saturated carbocycles. The van der Waals surface area contributed by atoms with Gasteiger partial charge in [0.25, 0.3) is 0 Å². The number of hydrogen-bond donors (Lipinski definition) is 2. The van der Waals surface area contributed by atoms with E-state index in [1.54, 1.807) is 6.07 Å². The quantitative estimate of drug-likeness (QED) is 0.662. The lowest BCUT2D eigenvalue weighted by molar-refractivity contribution is 0.0693. The van der Waals surface area contributed by atoms with Crippen molar-refractivity contribution in [3.8, 4) is 11.5 Å². The molecule has 0 bridgehead atoms. The summed E-state index contributed by atoms with van der Waals surface area (Å²) in [4.78, 5) is 11.0. The van der Waals surface area contributed by atoms with Crippen molar-refractivity contribution in [2.75, 3.05) is 0 Å². The highest BCUT2D eigenvalue weighted by Gasteiger charge is 2.10. The van der Waals surface area contributed by atoms with Gasteiger partial charge in [-0.2, -0.15) is 0 Å². The van der Waals surface area contributed by atoms with Gasteiger partial charge in [0.05, 0.1) is 0 Å². The lowest BCUT2D eigenvalue weighted by Crippen LogP contribution is -2.01. The van der Waals surface area contributed by atoms with Crippen molar-refractivity contribution in [1.82, 2.24) is 0 Å². The molecule has 0 radical (unpaired) electrons. The van der Waals surface area contributed by atoms with E-state index in [1.165, 1.54) is 12.1 Å². The van der Waals surface area contributed by atoms with Crippen LogP contribution in [0.1, 0.15) is 27.0 Å². The van der Waals surface area contributed by atoms with E-state index in [9.17, 15) is 9.90 Å². The third kappa shape index (κ3) is 4.42. The molecule has 0 atom stereocenters. The van der Waals surface area contributed by atoms with E-state index < -0.39 is 5.97 Å². The number of hydrogen-bond acceptors (Lipinski definition) is 3. The summed E-state index contributed by atoms with van der Waals surface area (Å²) in [6.07, 6.45) is 1.41. The first-order valence-electron chi connectivity index (χ1n) is 8.43. The predicted molar refractivity (Wildman–Crippen MR) is 99.7 cm³/mol. The molecule has 3 aromatic rings. The first-order valence-corrected chi connectivity index (χ1v) is 8.43. The van der Waals surface area contributed by atoms with Gasteiger partial charge < -0.3 is 14.9 Å². The fraction of sp³-hybridized carbons (Fsp3) is 0.136. The average molecular weight is 348 g/mol. The van der Waals surface area contributed by atoms with Gasteiger partial charge in [-0.25, -0.2) is 4.79 Å². The largest absolute Gasteiger partial charge is 0.507 e. The Hall–Kier alpha value is -3.27. The molecule has 0 aliphatic carbocycles. The first kappa shape index (κ1) is 17.5. The van der Waals surface area contributed by atoms with Gasteiger partial charge in [0.15, 0.2) is 0 Å². The fourth-order valence-corrected chi connectivity index (χ4v) is 2.78. The second kappa shape index (κ2) is 8.21. The Morgan fingerprint density at radius 1 is 0.846 bits per heavy atom. The molecular weight excluding hydrogens is 328 g/mol. The molecule has 2 N–H and O–H groups in total. The van der Waals surface area contributed by atoms with Crippen LogP contribution in [0.4, 0.5) is 0 Å². The number of phenols is 1. The smallest absolute Gasteiger partial charge is 0.339 e. The van der Waals surface area contributed by atoms with Gasteiger partial charge in [-0.05, 0) is 47.7 Å². The van der Waals surface area contributed by atoms with Crippen LogP contribution in [-0.2, 0) is 19.4 Å². The SMILES string of the molecule is O=C(O)c1ccc(CCc2ccccc2OCc2ccccc2)cc1O. The highest BCUT2D eigenvalue weighted by Crippen LogP contribution is 2.23. The number of aromatic carboxylic acids is 1. The van der Waals surface area contributed by atoms with Crippen LogP contribution >= 0.6 is 0 Å². The summed E-state index contributed by atoms with van der Waals surface area (Å²) in [7, 11) is 0. The van der Waals surface area contributed by atoms with Crippen molar-refractivity contribution in [2.24, 2.45) is 0 Å². The van der Waals surface area contributed by atoms with Gasteiger partial charge >= 0.3 is 5.97 Å². The summed E-state index contributed by atoms with van der Waals surface area (Å²) < 4.78 is 5.96. The molecular formula is C22H20O4. The lowest BCUT2D eigenvalue weighted by atomic mass is 10.0. The van der Waals surface area contributed by atoms with Gasteiger partial charge in [0.2, 0.25) is 0 Å². The molecule has 0 aromatic heterocycles. The predicted octanol–water partition coefficient (Wildman–Crippen LogP) is 4.45. The Morgan fingerprint density at radius 3 is 2.31 bits per heavy atom. The number of aryl methyl sites for hydroxylation is 2. The number of rotatable bonds is 7. The zero-order valence-electron chi connectivity index (χ0n) is 14.3. The van der Waals surface area contributed by atoms with Gasteiger partial charge in [0, 0.05) is 0 Å². The van der Waals surface area contributed by atoms with Crippen molar-refractivity contribution >= 4 is 5.97 Å². The zero-order valence-corrected chi connectivity index (χ0v) is 14.3. The van der Waals surface area contributed by atoms with E-state index in [-0.39, 0.29) is 11.3 Å². The number of aromatic hydroxyl groups is 1. The third-order valence-electron chi connectivity index (χ3n) is 4.19. The van der Waals surface area contributed by atoms with Gasteiger partial charge in [-0.1, -0.05) is 54.6 Å². The summed E-state index contributed by atoms with van der Waals surface area (Å²) in [6.45, 7) is 0.506. The zero-order chi connectivity index (χ0) is 18.4. The van der Waals surface area contributed by atoms with Crippen LogP contribution in [0.25, 0.3) is 0 Å². The molecule has 3 rings (SSSR count). The number of ether oxygens (including phenoxy) is 1. The molecule has 0 heterocycles. The van der Waals surface area contributed by atoms with Crippen LogP contribution in [0.3, 0.4) is 0 Å². The van der Waals surface area contributed by atoms with E-state index in [0.717, 1.165) is 28.9 Å². The van der Waals surface area contributed by atoms with Crippen LogP contribution in [0.5, 0.6) is 11.5 Å². The number of carboxylic acids is 1. The maximum absolute atomic E-state index is 11.0. The summed E-state index contributed by atoms with van der Waals surface area (Å²) in [5.41, 5.74) is 2.98. The Kier molecular flexibility index (Phi) is 5.54. The van der Waals surface area contributed by atoms with Gasteiger partial charge in [-0.3, -0.25) is 0 Å². The number of carboxylic acid groups (broad SMARTS) is 1. The molecule has 26 heavy (non-hydrogen) atoms. The second-order valence-corrected chi connectivity index (χ2v) is 6.04.